The summed E-state index contributed by atoms with van der Waals surface area (Å²) in [4.78, 5) is 24.7. The number of carbonyl (C=O) groups excluding carboxylic acids is 1. The van der Waals surface area contributed by atoms with Gasteiger partial charge in [0.1, 0.15) is 0 Å². The molecule has 0 aromatic carbocycles. The van der Waals surface area contributed by atoms with Crippen LogP contribution < -0.4 is 0 Å². The number of amides is 1. The first-order valence-corrected chi connectivity index (χ1v) is 7.57. The molecule has 1 rings (SSSR count). The second-order valence-electron chi connectivity index (χ2n) is 5.66. The second kappa shape index (κ2) is 8.18. The van der Waals surface area contributed by atoms with Gasteiger partial charge in [-0.1, -0.05) is 20.3 Å². The van der Waals surface area contributed by atoms with E-state index >= 15 is 0 Å². The van der Waals surface area contributed by atoms with Gasteiger partial charge in [0.25, 0.3) is 0 Å². The Hall–Kier alpha value is -1.06. The normalized spacial score (nSPS) is 23.4. The number of nitrogens with zero attached hydrogens (tertiary/aromatic N) is 1. The van der Waals surface area contributed by atoms with Crippen molar-refractivity contribution >= 4 is 11.9 Å². The van der Waals surface area contributed by atoms with Gasteiger partial charge in [0, 0.05) is 25.4 Å². The van der Waals surface area contributed by atoms with Gasteiger partial charge in [0.15, 0.2) is 0 Å². The molecule has 0 radical (unpaired) electrons. The Morgan fingerprint density at radius 3 is 2.58 bits per heavy atom. The van der Waals surface area contributed by atoms with Gasteiger partial charge in [0.2, 0.25) is 5.91 Å². The number of rotatable bonds is 7. The molecule has 1 amide bonds. The van der Waals surface area contributed by atoms with Crippen LogP contribution >= 0.6 is 0 Å². The highest BCUT2D eigenvalue weighted by molar-refractivity contribution is 5.76. The van der Waals surface area contributed by atoms with Crippen molar-refractivity contribution in [2.75, 3.05) is 6.54 Å². The number of carbonyl (C=O) groups is 2. The van der Waals surface area contributed by atoms with Gasteiger partial charge in [-0.15, -0.1) is 0 Å². The largest absolute Gasteiger partial charge is 0.481 e. The molecule has 0 saturated carbocycles. The smallest absolute Gasteiger partial charge is 0.303 e. The zero-order valence-corrected chi connectivity index (χ0v) is 12.2. The summed E-state index contributed by atoms with van der Waals surface area (Å²) in [7, 11) is 0. The molecule has 1 N–H and O–H groups in total. The van der Waals surface area contributed by atoms with Crippen LogP contribution in [0.3, 0.4) is 0 Å². The molecule has 2 unspecified atom stereocenters. The van der Waals surface area contributed by atoms with Crippen LogP contribution in [0.1, 0.15) is 65.2 Å². The molecule has 110 valence electrons. The van der Waals surface area contributed by atoms with Gasteiger partial charge in [0.05, 0.1) is 0 Å². The Kier molecular flexibility index (Phi) is 6.89. The summed E-state index contributed by atoms with van der Waals surface area (Å²) in [6.45, 7) is 5.29. The van der Waals surface area contributed by atoms with Crippen LogP contribution in [0.15, 0.2) is 0 Å². The van der Waals surface area contributed by atoms with Gasteiger partial charge >= 0.3 is 5.97 Å². The highest BCUT2D eigenvalue weighted by atomic mass is 16.4. The SMILES string of the molecule is CCCC1C(C)CCCN1C(=O)CCCCC(=O)O. The maximum Gasteiger partial charge on any atom is 0.303 e. The van der Waals surface area contributed by atoms with E-state index in [0.29, 0.717) is 31.2 Å². The minimum absolute atomic E-state index is 0.169. The van der Waals surface area contributed by atoms with Gasteiger partial charge in [-0.3, -0.25) is 9.59 Å². The summed E-state index contributed by atoms with van der Waals surface area (Å²) in [6.07, 6.45) is 6.47. The minimum atomic E-state index is -0.775. The molecular weight excluding hydrogens is 242 g/mol. The molecular formula is C15H27NO3. The fourth-order valence-corrected chi connectivity index (χ4v) is 2.99. The molecule has 0 aliphatic carbocycles. The lowest BCUT2D eigenvalue weighted by atomic mass is 9.87. The maximum absolute atomic E-state index is 12.3. The number of carboxylic acids is 1. The van der Waals surface area contributed by atoms with E-state index in [1.807, 2.05) is 0 Å². The van der Waals surface area contributed by atoms with E-state index in [1.54, 1.807) is 0 Å². The Bertz CT molecular complexity index is 304. The minimum Gasteiger partial charge on any atom is -0.481 e. The van der Waals surface area contributed by atoms with Crippen molar-refractivity contribution in [1.29, 1.82) is 0 Å². The van der Waals surface area contributed by atoms with E-state index in [-0.39, 0.29) is 12.3 Å². The summed E-state index contributed by atoms with van der Waals surface area (Å²) in [5.41, 5.74) is 0. The van der Waals surface area contributed by atoms with E-state index in [1.165, 1.54) is 6.42 Å². The van der Waals surface area contributed by atoms with Crippen molar-refractivity contribution in [3.05, 3.63) is 0 Å². The Morgan fingerprint density at radius 2 is 1.95 bits per heavy atom. The predicted molar refractivity (Wildman–Crippen MR) is 74.9 cm³/mol. The van der Waals surface area contributed by atoms with E-state index in [0.717, 1.165) is 25.8 Å². The van der Waals surface area contributed by atoms with E-state index in [4.69, 9.17) is 5.11 Å². The molecule has 4 nitrogen and oxygen atoms in total. The maximum atomic E-state index is 12.3. The van der Waals surface area contributed by atoms with Crippen LogP contribution in [0.4, 0.5) is 0 Å². The molecule has 1 aliphatic rings. The molecule has 19 heavy (non-hydrogen) atoms. The third-order valence-electron chi connectivity index (χ3n) is 4.05. The average molecular weight is 269 g/mol. The molecule has 2 atom stereocenters. The van der Waals surface area contributed by atoms with Crippen LogP contribution in [0.5, 0.6) is 0 Å². The fourth-order valence-electron chi connectivity index (χ4n) is 2.99. The van der Waals surface area contributed by atoms with Gasteiger partial charge < -0.3 is 10.0 Å². The summed E-state index contributed by atoms with van der Waals surface area (Å²) in [6, 6.07) is 0.394. The van der Waals surface area contributed by atoms with Crippen molar-refractivity contribution < 1.29 is 14.7 Å². The molecule has 1 saturated heterocycles. The van der Waals surface area contributed by atoms with Crippen LogP contribution in [-0.4, -0.2) is 34.5 Å². The molecule has 1 aliphatic heterocycles. The first-order chi connectivity index (χ1) is 9.06. The zero-order valence-electron chi connectivity index (χ0n) is 12.2. The number of carboxylic acid groups (broad SMARTS) is 1. The monoisotopic (exact) mass is 269 g/mol. The third-order valence-corrected chi connectivity index (χ3v) is 4.05. The van der Waals surface area contributed by atoms with Crippen molar-refractivity contribution in [2.24, 2.45) is 5.92 Å². The van der Waals surface area contributed by atoms with Crippen molar-refractivity contribution in [3.63, 3.8) is 0 Å². The van der Waals surface area contributed by atoms with Crippen molar-refractivity contribution in [1.82, 2.24) is 4.90 Å². The van der Waals surface area contributed by atoms with E-state index in [9.17, 15) is 9.59 Å². The molecule has 1 heterocycles. The lowest BCUT2D eigenvalue weighted by molar-refractivity contribution is -0.139. The molecule has 1 fully saturated rings. The lowest BCUT2D eigenvalue weighted by Crippen LogP contribution is -2.47. The zero-order chi connectivity index (χ0) is 14.3. The third kappa shape index (κ3) is 5.21. The molecule has 0 aromatic rings. The van der Waals surface area contributed by atoms with Crippen molar-refractivity contribution in [2.45, 2.75) is 71.3 Å². The predicted octanol–water partition coefficient (Wildman–Crippen LogP) is 3.06. The summed E-state index contributed by atoms with van der Waals surface area (Å²) >= 11 is 0. The number of aliphatic carboxylic acids is 1. The molecule has 0 bridgehead atoms. The number of likely N-dealkylation sites (tertiary alicyclic amines) is 1. The molecule has 0 aromatic heterocycles. The number of hydrogen-bond acceptors (Lipinski definition) is 2. The second-order valence-corrected chi connectivity index (χ2v) is 5.66. The highest BCUT2D eigenvalue weighted by Crippen LogP contribution is 2.27. The van der Waals surface area contributed by atoms with E-state index in [2.05, 4.69) is 18.7 Å². The molecule has 0 spiro atoms. The van der Waals surface area contributed by atoms with Gasteiger partial charge in [-0.2, -0.15) is 0 Å². The van der Waals surface area contributed by atoms with Crippen LogP contribution in [-0.2, 0) is 9.59 Å². The molecule has 4 heteroatoms. The Balaban J connectivity index is 2.41. The average Bonchev–Trinajstić information content (AvgIpc) is 2.36. The number of piperidine rings is 1. The fraction of sp³-hybridized carbons (Fsp3) is 0.867. The topological polar surface area (TPSA) is 57.6 Å². The van der Waals surface area contributed by atoms with Gasteiger partial charge in [-0.25, -0.2) is 0 Å². The Morgan fingerprint density at radius 1 is 1.26 bits per heavy atom. The van der Waals surface area contributed by atoms with E-state index < -0.39 is 5.97 Å². The van der Waals surface area contributed by atoms with Crippen LogP contribution in [0, 0.1) is 5.92 Å². The number of hydrogen-bond donors (Lipinski definition) is 1. The first kappa shape index (κ1) is 16.0. The first-order valence-electron chi connectivity index (χ1n) is 7.57. The van der Waals surface area contributed by atoms with Crippen molar-refractivity contribution in [3.8, 4) is 0 Å². The standard InChI is InChI=1S/C15H27NO3/c1-3-7-13-12(2)8-6-11-16(13)14(17)9-4-5-10-15(18)19/h12-13H,3-11H2,1-2H3,(H,18,19). The quantitative estimate of drug-likeness (QED) is 0.723. The summed E-state index contributed by atoms with van der Waals surface area (Å²) in [5.74, 6) is 0.0370. The summed E-state index contributed by atoms with van der Waals surface area (Å²) < 4.78 is 0. The van der Waals surface area contributed by atoms with Gasteiger partial charge in [-0.05, 0) is 38.0 Å². The lowest BCUT2D eigenvalue weighted by Gasteiger charge is -2.40. The Labute approximate surface area is 116 Å². The van der Waals surface area contributed by atoms with Crippen LogP contribution in [0.25, 0.3) is 0 Å². The highest BCUT2D eigenvalue weighted by Gasteiger charge is 2.30. The van der Waals surface area contributed by atoms with Crippen LogP contribution in [0.2, 0.25) is 0 Å². The number of unbranched alkanes of at least 4 members (excludes halogenated alkanes) is 1. The summed E-state index contributed by atoms with van der Waals surface area (Å²) in [5, 5.41) is 8.58.